The van der Waals surface area contributed by atoms with Gasteiger partial charge in [0.05, 0.1) is 10.5 Å². The largest absolute Gasteiger partial charge is 0.453 e. The van der Waals surface area contributed by atoms with E-state index in [1.54, 1.807) is 36.4 Å². The Labute approximate surface area is 125 Å². The maximum absolute atomic E-state index is 11.4. The maximum Gasteiger partial charge on any atom is 0.418 e. The molecular weight excluding hydrogens is 290 g/mol. The van der Waals surface area contributed by atoms with Gasteiger partial charge in [-0.05, 0) is 17.7 Å². The number of fused-ring (bicyclic) bond motifs is 1. The quantitative estimate of drug-likeness (QED) is 0.622. The smallest absolute Gasteiger partial charge is 0.418 e. The van der Waals surface area contributed by atoms with Crippen LogP contribution in [0, 0.1) is 10.1 Å². The van der Waals surface area contributed by atoms with Crippen LogP contribution in [0.2, 0.25) is 0 Å². The van der Waals surface area contributed by atoms with Crippen LogP contribution in [-0.2, 0) is 9.53 Å². The molecule has 0 aromatic heterocycles. The summed E-state index contributed by atoms with van der Waals surface area (Å²) in [5.74, 6) is 0.329. The lowest BCUT2D eigenvalue weighted by molar-refractivity contribution is -0.386. The van der Waals surface area contributed by atoms with Gasteiger partial charge in [-0.2, -0.15) is 0 Å². The topological polar surface area (TPSA) is 87.9 Å². The lowest BCUT2D eigenvalue weighted by atomic mass is 9.99. The average molecular weight is 300 g/mol. The molecule has 22 heavy (non-hydrogen) atoms. The SMILES string of the molecule is O=[C]OC(c1ccccc1)c1ccc2c(c1[N+](=O)[O-])OCO2. The van der Waals surface area contributed by atoms with Crippen molar-refractivity contribution >= 4 is 12.2 Å². The number of nitro benzene ring substituents is 1. The molecule has 7 heteroatoms. The predicted molar refractivity (Wildman–Crippen MR) is 74.3 cm³/mol. The molecule has 7 nitrogen and oxygen atoms in total. The van der Waals surface area contributed by atoms with Crippen LogP contribution in [0.4, 0.5) is 5.69 Å². The molecule has 1 aliphatic heterocycles. The normalized spacial score (nSPS) is 13.5. The molecule has 2 aromatic rings. The van der Waals surface area contributed by atoms with Crippen LogP contribution < -0.4 is 9.47 Å². The Bertz CT molecular complexity index is 715. The van der Waals surface area contributed by atoms with Gasteiger partial charge in [0.15, 0.2) is 11.9 Å². The van der Waals surface area contributed by atoms with E-state index in [-0.39, 0.29) is 29.5 Å². The minimum absolute atomic E-state index is 0.0398. The standard InChI is InChI=1S/C15H10NO6/c17-8-20-14(10-4-2-1-3-5-10)11-6-7-12-15(22-9-21-12)13(11)16(18)19/h1-7,14H,9H2. The highest BCUT2D eigenvalue weighted by Gasteiger charge is 2.34. The van der Waals surface area contributed by atoms with Gasteiger partial charge in [0.1, 0.15) is 0 Å². The first-order valence-corrected chi connectivity index (χ1v) is 6.37. The fourth-order valence-corrected chi connectivity index (χ4v) is 2.36. The summed E-state index contributed by atoms with van der Waals surface area (Å²) < 4.78 is 15.3. The van der Waals surface area contributed by atoms with Crippen LogP contribution in [0.3, 0.4) is 0 Å². The molecule has 0 spiro atoms. The molecule has 1 aliphatic rings. The minimum atomic E-state index is -0.950. The number of carbonyl (C=O) groups excluding carboxylic acids is 1. The van der Waals surface area contributed by atoms with Crippen LogP contribution in [0.15, 0.2) is 42.5 Å². The number of benzene rings is 2. The molecule has 0 N–H and O–H groups in total. The Hall–Kier alpha value is -3.09. The van der Waals surface area contributed by atoms with Crippen molar-refractivity contribution in [1.82, 2.24) is 0 Å². The van der Waals surface area contributed by atoms with E-state index in [9.17, 15) is 14.9 Å². The molecule has 0 saturated heterocycles. The number of hydrogen-bond acceptors (Lipinski definition) is 6. The van der Waals surface area contributed by atoms with Crippen molar-refractivity contribution in [2.24, 2.45) is 0 Å². The van der Waals surface area contributed by atoms with Crippen LogP contribution >= 0.6 is 0 Å². The third-order valence-electron chi connectivity index (χ3n) is 3.28. The van der Waals surface area contributed by atoms with Crippen molar-refractivity contribution in [3.05, 3.63) is 63.7 Å². The first kappa shape index (κ1) is 13.9. The molecule has 0 amide bonds. The van der Waals surface area contributed by atoms with Gasteiger partial charge in [0.25, 0.3) is 0 Å². The second kappa shape index (κ2) is 5.72. The zero-order chi connectivity index (χ0) is 15.5. The van der Waals surface area contributed by atoms with E-state index >= 15 is 0 Å². The van der Waals surface area contributed by atoms with E-state index in [0.717, 1.165) is 0 Å². The summed E-state index contributed by atoms with van der Waals surface area (Å²) in [7, 11) is 0. The molecular formula is C15H10NO6. The van der Waals surface area contributed by atoms with E-state index in [1.807, 2.05) is 0 Å². The number of hydrogen-bond donors (Lipinski definition) is 0. The molecule has 1 heterocycles. The first-order chi connectivity index (χ1) is 10.7. The highest BCUT2D eigenvalue weighted by Crippen LogP contribution is 2.46. The second-order valence-corrected chi connectivity index (χ2v) is 4.49. The van der Waals surface area contributed by atoms with Gasteiger partial charge >= 0.3 is 12.2 Å². The van der Waals surface area contributed by atoms with Crippen LogP contribution in [-0.4, -0.2) is 18.2 Å². The van der Waals surface area contributed by atoms with E-state index in [0.29, 0.717) is 5.56 Å². The lowest BCUT2D eigenvalue weighted by Gasteiger charge is -2.16. The summed E-state index contributed by atoms with van der Waals surface area (Å²) in [5, 5.41) is 11.4. The Morgan fingerprint density at radius 3 is 2.64 bits per heavy atom. The van der Waals surface area contributed by atoms with Gasteiger partial charge in [-0.3, -0.25) is 10.1 Å². The monoisotopic (exact) mass is 300 g/mol. The summed E-state index contributed by atoms with van der Waals surface area (Å²) in [5.41, 5.74) is 0.510. The van der Waals surface area contributed by atoms with Crippen molar-refractivity contribution in [2.75, 3.05) is 6.79 Å². The molecule has 1 radical (unpaired) electrons. The average Bonchev–Trinajstić information content (AvgIpc) is 3.00. The van der Waals surface area contributed by atoms with Gasteiger partial charge in [0, 0.05) is 0 Å². The molecule has 0 saturated carbocycles. The highest BCUT2D eigenvalue weighted by atomic mass is 16.7. The maximum atomic E-state index is 11.4. The highest BCUT2D eigenvalue weighted by molar-refractivity contribution is 5.63. The summed E-state index contributed by atoms with van der Waals surface area (Å²) >= 11 is 0. The van der Waals surface area contributed by atoms with Gasteiger partial charge < -0.3 is 14.2 Å². The summed E-state index contributed by atoms with van der Waals surface area (Å²) in [6.07, 6.45) is -0.950. The van der Waals surface area contributed by atoms with Crippen molar-refractivity contribution in [3.63, 3.8) is 0 Å². The second-order valence-electron chi connectivity index (χ2n) is 4.49. The van der Waals surface area contributed by atoms with E-state index < -0.39 is 11.0 Å². The summed E-state index contributed by atoms with van der Waals surface area (Å²) in [4.78, 5) is 21.6. The third-order valence-corrected chi connectivity index (χ3v) is 3.28. The molecule has 1 unspecified atom stereocenters. The molecule has 1 atom stereocenters. The van der Waals surface area contributed by atoms with E-state index in [4.69, 9.17) is 14.2 Å². The molecule has 2 aromatic carbocycles. The Morgan fingerprint density at radius 1 is 1.18 bits per heavy atom. The van der Waals surface area contributed by atoms with Gasteiger partial charge in [-0.25, -0.2) is 4.79 Å². The minimum Gasteiger partial charge on any atom is -0.453 e. The zero-order valence-electron chi connectivity index (χ0n) is 11.2. The fraction of sp³-hybridized carbons (Fsp3) is 0.133. The lowest BCUT2D eigenvalue weighted by Crippen LogP contribution is -2.08. The first-order valence-electron chi connectivity index (χ1n) is 6.37. The number of nitrogens with zero attached hydrogens (tertiary/aromatic N) is 1. The zero-order valence-corrected chi connectivity index (χ0v) is 11.2. The fourth-order valence-electron chi connectivity index (χ4n) is 2.36. The number of ether oxygens (including phenoxy) is 3. The van der Waals surface area contributed by atoms with E-state index in [2.05, 4.69) is 0 Å². The van der Waals surface area contributed by atoms with Crippen LogP contribution in [0.5, 0.6) is 11.5 Å². The predicted octanol–water partition coefficient (Wildman–Crippen LogP) is 2.50. The summed E-state index contributed by atoms with van der Waals surface area (Å²) in [6.45, 7) is 1.27. The van der Waals surface area contributed by atoms with Crippen LogP contribution in [0.1, 0.15) is 17.2 Å². The Balaban J connectivity index is 2.16. The van der Waals surface area contributed by atoms with Gasteiger partial charge in [0.2, 0.25) is 12.5 Å². The molecule has 111 valence electrons. The van der Waals surface area contributed by atoms with Crippen molar-refractivity contribution < 1.29 is 23.9 Å². The molecule has 0 aliphatic carbocycles. The van der Waals surface area contributed by atoms with Crippen molar-refractivity contribution in [2.45, 2.75) is 6.10 Å². The van der Waals surface area contributed by atoms with E-state index in [1.165, 1.54) is 12.5 Å². The van der Waals surface area contributed by atoms with Crippen molar-refractivity contribution in [1.29, 1.82) is 0 Å². The third kappa shape index (κ3) is 2.32. The molecule has 0 fully saturated rings. The van der Waals surface area contributed by atoms with Gasteiger partial charge in [-0.1, -0.05) is 30.3 Å². The number of nitro groups is 1. The Kier molecular flexibility index (Phi) is 3.61. The van der Waals surface area contributed by atoms with Crippen molar-refractivity contribution in [3.8, 4) is 11.5 Å². The Morgan fingerprint density at radius 2 is 1.95 bits per heavy atom. The van der Waals surface area contributed by atoms with Gasteiger partial charge in [-0.15, -0.1) is 0 Å². The molecule has 0 bridgehead atoms. The number of rotatable bonds is 5. The molecule has 3 rings (SSSR count). The summed E-state index contributed by atoms with van der Waals surface area (Å²) in [6, 6.07) is 11.7. The van der Waals surface area contributed by atoms with Crippen LogP contribution in [0.25, 0.3) is 0 Å².